The van der Waals surface area contributed by atoms with Crippen LogP contribution in [-0.4, -0.2) is 57.0 Å². The number of imide groups is 1. The maximum atomic E-state index is 13.7. The predicted molar refractivity (Wildman–Crippen MR) is 163 cm³/mol. The zero-order valence-electron chi connectivity index (χ0n) is 23.2. The molecule has 0 radical (unpaired) electrons. The van der Waals surface area contributed by atoms with Gasteiger partial charge in [-0.15, -0.1) is 11.3 Å². The highest BCUT2D eigenvalue weighted by Gasteiger charge is 2.38. The third kappa shape index (κ3) is 5.26. The molecule has 0 atom stereocenters. The normalized spacial score (nSPS) is 18.0. The second-order valence-corrected chi connectivity index (χ2v) is 12.8. The van der Waals surface area contributed by atoms with Crippen LogP contribution in [0.4, 0.5) is 10.5 Å². The van der Waals surface area contributed by atoms with Gasteiger partial charge in [0.1, 0.15) is 11.5 Å². The number of carbonyl (C=O) groups excluding carboxylic acids is 4. The first-order valence-electron chi connectivity index (χ1n) is 14.0. The van der Waals surface area contributed by atoms with E-state index < -0.39 is 11.1 Å². The maximum Gasteiger partial charge on any atom is 0.294 e. The van der Waals surface area contributed by atoms with Crippen LogP contribution in [0.15, 0.2) is 41.3 Å². The van der Waals surface area contributed by atoms with Crippen LogP contribution >= 0.6 is 23.1 Å². The molecule has 3 aromatic rings. The van der Waals surface area contributed by atoms with Crippen molar-refractivity contribution in [3.05, 3.63) is 74.3 Å². The van der Waals surface area contributed by atoms with E-state index in [4.69, 9.17) is 0 Å². The van der Waals surface area contributed by atoms with Crippen LogP contribution in [0.5, 0.6) is 0 Å². The maximum absolute atomic E-state index is 13.7. The van der Waals surface area contributed by atoms with Crippen LogP contribution in [-0.2, 0) is 22.4 Å². The minimum atomic E-state index is -0.438. The smallest absolute Gasteiger partial charge is 0.294 e. The molecule has 1 aromatic carbocycles. The van der Waals surface area contributed by atoms with E-state index in [0.717, 1.165) is 88.4 Å². The largest absolute Gasteiger partial charge is 0.341 e. The molecule has 10 heteroatoms. The van der Waals surface area contributed by atoms with E-state index in [-0.39, 0.29) is 18.4 Å². The number of para-hydroxylation sites is 1. The lowest BCUT2D eigenvalue weighted by atomic mass is 9.95. The zero-order chi connectivity index (χ0) is 28.7. The van der Waals surface area contributed by atoms with Gasteiger partial charge in [-0.2, -0.15) is 0 Å². The number of nitrogens with zero attached hydrogens (tertiary/aromatic N) is 3. The molecule has 2 saturated heterocycles. The monoisotopic (exact) mass is 588 g/mol. The molecular formula is C31H32N4O4S2. The van der Waals surface area contributed by atoms with Crippen molar-refractivity contribution >= 4 is 57.8 Å². The Kier molecular flexibility index (Phi) is 7.61. The molecular weight excluding hydrogens is 556 g/mol. The SMILES string of the molecule is Cc1cc(/C=C2/SC(=O)N(CC(=O)N3CCCC3)C2=O)c(C)n1-c1sc2c(c1C(=O)Nc1ccccc1)CCCC2. The van der Waals surface area contributed by atoms with E-state index >= 15 is 0 Å². The van der Waals surface area contributed by atoms with Crippen LogP contribution in [0.25, 0.3) is 11.1 Å². The molecule has 8 nitrogen and oxygen atoms in total. The van der Waals surface area contributed by atoms with Crippen molar-refractivity contribution in [2.75, 3.05) is 25.0 Å². The highest BCUT2D eigenvalue weighted by atomic mass is 32.2. The van der Waals surface area contributed by atoms with Crippen LogP contribution in [0.3, 0.4) is 0 Å². The summed E-state index contributed by atoms with van der Waals surface area (Å²) in [6.45, 7) is 5.09. The van der Waals surface area contributed by atoms with Crippen molar-refractivity contribution in [2.45, 2.75) is 52.4 Å². The van der Waals surface area contributed by atoms with E-state index in [1.165, 1.54) is 4.88 Å². The minimum absolute atomic E-state index is 0.122. The van der Waals surface area contributed by atoms with Crippen LogP contribution in [0.1, 0.15) is 63.4 Å². The van der Waals surface area contributed by atoms with E-state index in [9.17, 15) is 19.2 Å². The molecule has 0 unspecified atom stereocenters. The third-order valence-electron chi connectivity index (χ3n) is 8.00. The number of hydrogen-bond acceptors (Lipinski definition) is 6. The average molecular weight is 589 g/mol. The van der Waals surface area contributed by atoms with Gasteiger partial charge in [-0.05, 0) is 99.5 Å². The van der Waals surface area contributed by atoms with Crippen molar-refractivity contribution in [1.82, 2.24) is 14.4 Å². The number of likely N-dealkylation sites (tertiary alicyclic amines) is 1. The quantitative estimate of drug-likeness (QED) is 0.360. The molecule has 0 spiro atoms. The second kappa shape index (κ2) is 11.3. The lowest BCUT2D eigenvalue weighted by Crippen LogP contribution is -2.40. The summed E-state index contributed by atoms with van der Waals surface area (Å²) in [5.41, 5.74) is 5.21. The van der Waals surface area contributed by atoms with Gasteiger partial charge in [-0.1, -0.05) is 18.2 Å². The Hall–Kier alpha value is -3.63. The summed E-state index contributed by atoms with van der Waals surface area (Å²) in [5, 5.41) is 3.54. The van der Waals surface area contributed by atoms with Crippen molar-refractivity contribution in [3.8, 4) is 5.00 Å². The van der Waals surface area contributed by atoms with Crippen molar-refractivity contribution in [3.63, 3.8) is 0 Å². The van der Waals surface area contributed by atoms with Gasteiger partial charge < -0.3 is 14.8 Å². The van der Waals surface area contributed by atoms with Gasteiger partial charge in [-0.25, -0.2) is 0 Å². The standard InChI is InChI=1S/C31H32N4O4S2/c1-19-16-21(17-25-29(38)34(31(39)41-25)18-26(36)33-14-8-9-15-33)20(2)35(19)30-27(23-12-6-7-13-24(23)40-30)28(37)32-22-10-4-3-5-11-22/h3-5,10-11,16-17H,6-9,12-15,18H2,1-2H3,(H,32,37)/b25-17+. The number of aromatic nitrogens is 1. The summed E-state index contributed by atoms with van der Waals surface area (Å²) >= 11 is 2.53. The summed E-state index contributed by atoms with van der Waals surface area (Å²) in [5.74, 6) is -0.748. The van der Waals surface area contributed by atoms with E-state index in [2.05, 4.69) is 9.88 Å². The molecule has 1 aliphatic carbocycles. The number of hydrogen-bond donors (Lipinski definition) is 1. The fourth-order valence-electron chi connectivity index (χ4n) is 5.88. The van der Waals surface area contributed by atoms with E-state index in [0.29, 0.717) is 23.6 Å². The Morgan fingerprint density at radius 1 is 1.00 bits per heavy atom. The second-order valence-electron chi connectivity index (χ2n) is 10.7. The third-order valence-corrected chi connectivity index (χ3v) is 10.2. The van der Waals surface area contributed by atoms with Crippen LogP contribution < -0.4 is 5.32 Å². The summed E-state index contributed by atoms with van der Waals surface area (Å²) in [6.07, 6.45) is 7.64. The number of nitrogens with one attached hydrogen (secondary N) is 1. The number of thiophene rings is 1. The van der Waals surface area contributed by atoms with Gasteiger partial charge in [0.25, 0.3) is 17.1 Å². The first-order valence-corrected chi connectivity index (χ1v) is 15.7. The molecule has 2 aromatic heterocycles. The lowest BCUT2D eigenvalue weighted by Gasteiger charge is -2.18. The highest BCUT2D eigenvalue weighted by molar-refractivity contribution is 8.18. The molecule has 3 aliphatic rings. The van der Waals surface area contributed by atoms with Gasteiger partial charge in [-0.3, -0.25) is 24.1 Å². The van der Waals surface area contributed by atoms with Gasteiger partial charge in [0.2, 0.25) is 5.91 Å². The number of thioether (sulfide) groups is 1. The summed E-state index contributed by atoms with van der Waals surface area (Å²) in [6, 6.07) is 11.5. The van der Waals surface area contributed by atoms with Crippen molar-refractivity contribution < 1.29 is 19.2 Å². The van der Waals surface area contributed by atoms with Crippen LogP contribution in [0.2, 0.25) is 0 Å². The molecule has 2 fully saturated rings. The molecule has 2 aliphatic heterocycles. The molecule has 4 amide bonds. The predicted octanol–water partition coefficient (Wildman–Crippen LogP) is 5.95. The molecule has 41 heavy (non-hydrogen) atoms. The summed E-state index contributed by atoms with van der Waals surface area (Å²) < 4.78 is 2.09. The number of rotatable bonds is 6. The molecule has 0 bridgehead atoms. The van der Waals surface area contributed by atoms with Gasteiger partial charge in [0, 0.05) is 35.0 Å². The minimum Gasteiger partial charge on any atom is -0.341 e. The number of fused-ring (bicyclic) bond motifs is 1. The topological polar surface area (TPSA) is 91.7 Å². The fraction of sp³-hybridized carbons (Fsp3) is 0.355. The Morgan fingerprint density at radius 2 is 1.73 bits per heavy atom. The zero-order valence-corrected chi connectivity index (χ0v) is 24.8. The summed E-state index contributed by atoms with van der Waals surface area (Å²) in [7, 11) is 0. The van der Waals surface area contributed by atoms with E-state index in [1.54, 1.807) is 22.3 Å². The molecule has 1 N–H and O–H groups in total. The Balaban J connectivity index is 1.32. The van der Waals surface area contributed by atoms with Crippen molar-refractivity contribution in [2.24, 2.45) is 0 Å². The Bertz CT molecular complexity index is 1580. The van der Waals surface area contributed by atoms with Gasteiger partial charge in [0.15, 0.2) is 0 Å². The molecule has 212 valence electrons. The molecule has 6 rings (SSSR count). The Morgan fingerprint density at radius 3 is 2.49 bits per heavy atom. The first-order chi connectivity index (χ1) is 19.8. The van der Waals surface area contributed by atoms with Gasteiger partial charge >= 0.3 is 0 Å². The lowest BCUT2D eigenvalue weighted by molar-refractivity contribution is -0.135. The number of benzene rings is 1. The fourth-order valence-corrected chi connectivity index (χ4v) is 8.21. The number of carbonyl (C=O) groups is 4. The number of anilines is 1. The van der Waals surface area contributed by atoms with Gasteiger partial charge in [0.05, 0.1) is 10.5 Å². The molecule has 4 heterocycles. The number of aryl methyl sites for hydroxylation is 2. The van der Waals surface area contributed by atoms with Crippen LogP contribution in [0, 0.1) is 13.8 Å². The Labute approximate surface area is 247 Å². The summed E-state index contributed by atoms with van der Waals surface area (Å²) in [4.78, 5) is 56.5. The first kappa shape index (κ1) is 27.5. The molecule has 0 saturated carbocycles. The van der Waals surface area contributed by atoms with E-state index in [1.807, 2.05) is 50.2 Å². The highest BCUT2D eigenvalue weighted by Crippen LogP contribution is 2.40. The number of amides is 4. The van der Waals surface area contributed by atoms with Crippen molar-refractivity contribution in [1.29, 1.82) is 0 Å². The average Bonchev–Trinajstić information content (AvgIpc) is 3.73.